The highest BCUT2D eigenvalue weighted by atomic mass is 79.9. The summed E-state index contributed by atoms with van der Waals surface area (Å²) < 4.78 is 1.96. The Morgan fingerprint density at radius 2 is 2.24 bits per heavy atom. The molecule has 0 bridgehead atoms. The van der Waals surface area contributed by atoms with Crippen molar-refractivity contribution in [2.45, 2.75) is 13.5 Å². The Bertz CT molecular complexity index is 608. The van der Waals surface area contributed by atoms with Gasteiger partial charge in [0, 0.05) is 0 Å². The van der Waals surface area contributed by atoms with Gasteiger partial charge in [-0.05, 0) is 40.5 Å². The van der Waals surface area contributed by atoms with E-state index in [1.165, 1.54) is 10.9 Å². The molecule has 2 aromatic rings. The van der Waals surface area contributed by atoms with E-state index in [-0.39, 0.29) is 11.3 Å². The van der Waals surface area contributed by atoms with Crippen LogP contribution in [0.3, 0.4) is 0 Å². The lowest BCUT2D eigenvalue weighted by Gasteiger charge is -2.07. The van der Waals surface area contributed by atoms with Gasteiger partial charge < -0.3 is 5.11 Å². The summed E-state index contributed by atoms with van der Waals surface area (Å²) >= 11 is 3.21. The van der Waals surface area contributed by atoms with E-state index in [1.54, 1.807) is 25.1 Å². The number of hydrogen-bond donors (Lipinski definition) is 1. The van der Waals surface area contributed by atoms with E-state index in [4.69, 9.17) is 0 Å². The first-order chi connectivity index (χ1) is 8.08. The van der Waals surface area contributed by atoms with E-state index in [0.717, 1.165) is 5.56 Å². The van der Waals surface area contributed by atoms with Gasteiger partial charge >= 0.3 is 0 Å². The summed E-state index contributed by atoms with van der Waals surface area (Å²) in [5.74, 6) is 0.190. The van der Waals surface area contributed by atoms with Gasteiger partial charge in [0.25, 0.3) is 5.56 Å². The van der Waals surface area contributed by atoms with Gasteiger partial charge in [-0.25, -0.2) is 4.98 Å². The summed E-state index contributed by atoms with van der Waals surface area (Å²) in [7, 11) is 0. The number of rotatable bonds is 2. The van der Waals surface area contributed by atoms with Gasteiger partial charge in [-0.3, -0.25) is 9.36 Å². The summed E-state index contributed by atoms with van der Waals surface area (Å²) in [6.07, 6.45) is 1.51. The number of halogens is 1. The summed E-state index contributed by atoms with van der Waals surface area (Å²) in [5, 5.41) is 9.35. The minimum Gasteiger partial charge on any atom is -0.508 e. The first-order valence-corrected chi connectivity index (χ1v) is 5.86. The van der Waals surface area contributed by atoms with Crippen LogP contribution in [-0.2, 0) is 6.54 Å². The predicted octanol–water partition coefficient (Wildman–Crippen LogP) is 2.07. The number of aryl methyl sites for hydroxylation is 1. The molecule has 1 N–H and O–H groups in total. The summed E-state index contributed by atoms with van der Waals surface area (Å²) in [5.41, 5.74) is 1.40. The van der Waals surface area contributed by atoms with Crippen LogP contribution >= 0.6 is 15.9 Å². The number of phenolic OH excluding ortho intramolecular Hbond substituents is 1. The highest BCUT2D eigenvalue weighted by molar-refractivity contribution is 9.10. The fraction of sp³-hybridized carbons (Fsp3) is 0.167. The van der Waals surface area contributed by atoms with Gasteiger partial charge in [-0.15, -0.1) is 0 Å². The molecule has 0 aliphatic rings. The van der Waals surface area contributed by atoms with Crippen molar-refractivity contribution in [3.8, 4) is 5.75 Å². The second-order valence-corrected chi connectivity index (χ2v) is 4.54. The van der Waals surface area contributed by atoms with Gasteiger partial charge in [0.2, 0.25) is 0 Å². The largest absolute Gasteiger partial charge is 0.508 e. The summed E-state index contributed by atoms with van der Waals surface area (Å²) in [6.45, 7) is 2.16. The van der Waals surface area contributed by atoms with Gasteiger partial charge in [0.05, 0.1) is 18.6 Å². The molecule has 88 valence electrons. The monoisotopic (exact) mass is 294 g/mol. The zero-order chi connectivity index (χ0) is 12.4. The van der Waals surface area contributed by atoms with Crippen molar-refractivity contribution >= 4 is 15.9 Å². The number of aromatic nitrogens is 2. The van der Waals surface area contributed by atoms with Crippen LogP contribution in [0.4, 0.5) is 0 Å². The molecule has 1 aromatic carbocycles. The number of aromatic hydroxyl groups is 1. The molecule has 4 nitrogen and oxygen atoms in total. The Morgan fingerprint density at radius 3 is 2.94 bits per heavy atom. The fourth-order valence-electron chi connectivity index (χ4n) is 1.51. The molecule has 5 heteroatoms. The van der Waals surface area contributed by atoms with E-state index < -0.39 is 0 Å². The van der Waals surface area contributed by atoms with Crippen LogP contribution in [0.25, 0.3) is 0 Å². The second-order valence-electron chi connectivity index (χ2n) is 3.75. The van der Waals surface area contributed by atoms with Crippen molar-refractivity contribution in [2.75, 3.05) is 0 Å². The van der Waals surface area contributed by atoms with Gasteiger partial charge in [-0.1, -0.05) is 12.1 Å². The van der Waals surface area contributed by atoms with Gasteiger partial charge in [0.15, 0.2) is 0 Å². The van der Waals surface area contributed by atoms with Crippen LogP contribution in [0, 0.1) is 6.92 Å². The highest BCUT2D eigenvalue weighted by Gasteiger charge is 2.05. The molecule has 2 rings (SSSR count). The Balaban J connectivity index is 2.37. The van der Waals surface area contributed by atoms with Crippen LogP contribution in [0.2, 0.25) is 0 Å². The van der Waals surface area contributed by atoms with Crippen LogP contribution in [0.15, 0.2) is 39.9 Å². The molecular formula is C12H11BrN2O2. The van der Waals surface area contributed by atoms with Crippen molar-refractivity contribution in [1.82, 2.24) is 9.55 Å². The van der Waals surface area contributed by atoms with Crippen molar-refractivity contribution in [3.63, 3.8) is 0 Å². The molecule has 0 saturated carbocycles. The van der Waals surface area contributed by atoms with Crippen LogP contribution < -0.4 is 5.56 Å². The third kappa shape index (κ3) is 2.55. The van der Waals surface area contributed by atoms with Crippen molar-refractivity contribution in [3.05, 3.63) is 56.7 Å². The van der Waals surface area contributed by atoms with Gasteiger partial charge in [0.1, 0.15) is 10.2 Å². The summed E-state index contributed by atoms with van der Waals surface area (Å²) in [6, 6.07) is 6.81. The predicted molar refractivity (Wildman–Crippen MR) is 68.1 cm³/mol. The topological polar surface area (TPSA) is 55.1 Å². The minimum atomic E-state index is -0.124. The standard InChI is InChI=1S/C12H11BrN2O2/c1-8-11(13)12(17)15(7-14-8)6-9-3-2-4-10(16)5-9/h2-5,7,16H,6H2,1H3. The first kappa shape index (κ1) is 11.9. The molecule has 0 atom stereocenters. The Hall–Kier alpha value is -1.62. The lowest BCUT2D eigenvalue weighted by atomic mass is 10.2. The zero-order valence-electron chi connectivity index (χ0n) is 9.22. The molecule has 0 amide bonds. The minimum absolute atomic E-state index is 0.124. The molecule has 0 spiro atoms. The normalized spacial score (nSPS) is 10.5. The summed E-state index contributed by atoms with van der Waals surface area (Å²) in [4.78, 5) is 16.0. The number of benzene rings is 1. The lowest BCUT2D eigenvalue weighted by Crippen LogP contribution is -2.22. The van der Waals surface area contributed by atoms with Crippen LogP contribution in [0.5, 0.6) is 5.75 Å². The zero-order valence-corrected chi connectivity index (χ0v) is 10.8. The Kier molecular flexibility index (Phi) is 3.28. The smallest absolute Gasteiger partial charge is 0.268 e. The average molecular weight is 295 g/mol. The van der Waals surface area contributed by atoms with Crippen molar-refractivity contribution < 1.29 is 5.11 Å². The molecule has 0 fully saturated rings. The van der Waals surface area contributed by atoms with Crippen LogP contribution in [-0.4, -0.2) is 14.7 Å². The molecule has 17 heavy (non-hydrogen) atoms. The maximum absolute atomic E-state index is 11.9. The maximum atomic E-state index is 11.9. The molecular weight excluding hydrogens is 284 g/mol. The van der Waals surface area contributed by atoms with E-state index in [2.05, 4.69) is 20.9 Å². The molecule has 1 aromatic heterocycles. The first-order valence-electron chi connectivity index (χ1n) is 5.07. The van der Waals surface area contributed by atoms with E-state index in [0.29, 0.717) is 16.7 Å². The average Bonchev–Trinajstić information content (AvgIpc) is 2.30. The van der Waals surface area contributed by atoms with Gasteiger partial charge in [-0.2, -0.15) is 0 Å². The van der Waals surface area contributed by atoms with Crippen molar-refractivity contribution in [2.24, 2.45) is 0 Å². The molecule has 0 aliphatic carbocycles. The second kappa shape index (κ2) is 4.71. The van der Waals surface area contributed by atoms with E-state index in [1.807, 2.05) is 6.07 Å². The molecule has 0 saturated heterocycles. The lowest BCUT2D eigenvalue weighted by molar-refractivity contribution is 0.474. The third-order valence-corrected chi connectivity index (χ3v) is 3.33. The van der Waals surface area contributed by atoms with E-state index in [9.17, 15) is 9.90 Å². The highest BCUT2D eigenvalue weighted by Crippen LogP contribution is 2.12. The third-order valence-electron chi connectivity index (χ3n) is 2.42. The fourth-order valence-corrected chi connectivity index (χ4v) is 1.84. The SMILES string of the molecule is Cc1ncn(Cc2cccc(O)c2)c(=O)c1Br. The number of hydrogen-bond acceptors (Lipinski definition) is 3. The molecule has 0 radical (unpaired) electrons. The van der Waals surface area contributed by atoms with Crippen LogP contribution in [0.1, 0.15) is 11.3 Å². The number of nitrogens with zero attached hydrogens (tertiary/aromatic N) is 2. The molecule has 1 heterocycles. The van der Waals surface area contributed by atoms with Crippen molar-refractivity contribution in [1.29, 1.82) is 0 Å². The maximum Gasteiger partial charge on any atom is 0.268 e. The Morgan fingerprint density at radius 1 is 1.47 bits per heavy atom. The van der Waals surface area contributed by atoms with E-state index >= 15 is 0 Å². The Labute approximate surface area is 107 Å². The quantitative estimate of drug-likeness (QED) is 0.922. The molecule has 0 aliphatic heterocycles. The molecule has 0 unspecified atom stereocenters. The number of phenols is 1.